The third kappa shape index (κ3) is 3.20. The maximum absolute atomic E-state index is 11.4. The number of piperidine rings is 1. The Morgan fingerprint density at radius 2 is 2.21 bits per heavy atom. The lowest BCUT2D eigenvalue weighted by atomic mass is 10.0. The van der Waals surface area contributed by atoms with Gasteiger partial charge in [0.1, 0.15) is 0 Å². The summed E-state index contributed by atoms with van der Waals surface area (Å²) in [6.07, 6.45) is 3.60. The molecule has 0 spiro atoms. The summed E-state index contributed by atoms with van der Waals surface area (Å²) in [6.45, 7) is 1.94. The average molecular weight is 263 g/mol. The van der Waals surface area contributed by atoms with E-state index in [0.717, 1.165) is 18.9 Å². The second kappa shape index (κ2) is 6.47. The van der Waals surface area contributed by atoms with E-state index in [1.165, 1.54) is 19.3 Å². The minimum atomic E-state index is -0.204. The van der Waals surface area contributed by atoms with E-state index in [1.54, 1.807) is 13.1 Å². The highest BCUT2D eigenvalue weighted by Crippen LogP contribution is 2.22. The van der Waals surface area contributed by atoms with E-state index in [9.17, 15) is 4.79 Å². The zero-order chi connectivity index (χ0) is 13.7. The fourth-order valence-electron chi connectivity index (χ4n) is 2.48. The van der Waals surface area contributed by atoms with Gasteiger partial charge in [0.05, 0.1) is 0 Å². The van der Waals surface area contributed by atoms with Crippen LogP contribution in [0.1, 0.15) is 29.8 Å². The van der Waals surface area contributed by atoms with Crippen LogP contribution >= 0.6 is 0 Å². The van der Waals surface area contributed by atoms with Crippen LogP contribution < -0.4 is 15.5 Å². The van der Waals surface area contributed by atoms with Crippen LogP contribution in [0.5, 0.6) is 0 Å². The van der Waals surface area contributed by atoms with Gasteiger partial charge in [0.25, 0.3) is 5.91 Å². The molecule has 1 aromatic heterocycles. The van der Waals surface area contributed by atoms with Crippen molar-refractivity contribution in [1.29, 1.82) is 0 Å². The maximum atomic E-state index is 11.4. The second-order valence-corrected chi connectivity index (χ2v) is 4.76. The Bertz CT molecular complexity index is 418. The van der Waals surface area contributed by atoms with Gasteiger partial charge in [-0.05, 0) is 38.4 Å². The molecule has 1 unspecified atom stereocenters. The summed E-state index contributed by atoms with van der Waals surface area (Å²) in [5.41, 5.74) is 0.355. The van der Waals surface area contributed by atoms with Gasteiger partial charge in [-0.25, -0.2) is 0 Å². The lowest BCUT2D eigenvalue weighted by Crippen LogP contribution is -2.45. The van der Waals surface area contributed by atoms with Crippen LogP contribution in [0.15, 0.2) is 12.1 Å². The van der Waals surface area contributed by atoms with Crippen molar-refractivity contribution in [2.24, 2.45) is 0 Å². The lowest BCUT2D eigenvalue weighted by Gasteiger charge is -2.36. The minimum Gasteiger partial charge on any atom is -0.354 e. The monoisotopic (exact) mass is 263 g/mol. The van der Waals surface area contributed by atoms with Crippen LogP contribution in [0.3, 0.4) is 0 Å². The topological polar surface area (TPSA) is 70.2 Å². The van der Waals surface area contributed by atoms with Crippen molar-refractivity contribution in [3.05, 3.63) is 17.8 Å². The molecule has 1 amide bonds. The number of hydrogen-bond donors (Lipinski definition) is 2. The summed E-state index contributed by atoms with van der Waals surface area (Å²) in [5.74, 6) is 0.650. The minimum absolute atomic E-state index is 0.204. The molecule has 1 aromatic rings. The van der Waals surface area contributed by atoms with Gasteiger partial charge >= 0.3 is 0 Å². The first-order valence-corrected chi connectivity index (χ1v) is 6.73. The molecule has 1 fully saturated rings. The van der Waals surface area contributed by atoms with E-state index in [2.05, 4.69) is 25.7 Å². The number of likely N-dealkylation sites (N-methyl/N-ethyl adjacent to an activating group) is 1. The predicted molar refractivity (Wildman–Crippen MR) is 74.3 cm³/mol. The SMILES string of the molecule is CNCC1CCCCN1c1ccc(C(=O)NC)nn1. The molecule has 2 heterocycles. The first kappa shape index (κ1) is 13.7. The maximum Gasteiger partial charge on any atom is 0.271 e. The summed E-state index contributed by atoms with van der Waals surface area (Å²) >= 11 is 0. The van der Waals surface area contributed by atoms with Gasteiger partial charge in [-0.3, -0.25) is 4.79 Å². The number of nitrogens with one attached hydrogen (secondary N) is 2. The van der Waals surface area contributed by atoms with Crippen LogP contribution in [0.2, 0.25) is 0 Å². The highest BCUT2D eigenvalue weighted by molar-refractivity contribution is 5.91. The molecule has 2 rings (SSSR count). The van der Waals surface area contributed by atoms with Gasteiger partial charge in [-0.15, -0.1) is 10.2 Å². The molecule has 2 N–H and O–H groups in total. The van der Waals surface area contributed by atoms with Crippen molar-refractivity contribution in [3.63, 3.8) is 0 Å². The van der Waals surface area contributed by atoms with Crippen molar-refractivity contribution in [2.45, 2.75) is 25.3 Å². The van der Waals surface area contributed by atoms with Crippen LogP contribution in [0, 0.1) is 0 Å². The lowest BCUT2D eigenvalue weighted by molar-refractivity contribution is 0.0957. The molecule has 0 saturated carbocycles. The Kier molecular flexibility index (Phi) is 4.68. The van der Waals surface area contributed by atoms with E-state index in [1.807, 2.05) is 13.1 Å². The number of nitrogens with zero attached hydrogens (tertiary/aromatic N) is 3. The van der Waals surface area contributed by atoms with Gasteiger partial charge in [-0.1, -0.05) is 0 Å². The zero-order valence-corrected chi connectivity index (χ0v) is 11.5. The highest BCUT2D eigenvalue weighted by atomic mass is 16.1. The molecule has 1 saturated heterocycles. The van der Waals surface area contributed by atoms with Gasteiger partial charge in [-0.2, -0.15) is 0 Å². The predicted octanol–water partition coefficient (Wildman–Crippen LogP) is 0.415. The van der Waals surface area contributed by atoms with Crippen molar-refractivity contribution < 1.29 is 4.79 Å². The molecule has 1 aliphatic heterocycles. The van der Waals surface area contributed by atoms with E-state index in [-0.39, 0.29) is 5.91 Å². The molecule has 0 bridgehead atoms. The molecule has 6 heteroatoms. The molecule has 0 radical (unpaired) electrons. The van der Waals surface area contributed by atoms with Gasteiger partial charge in [0, 0.05) is 26.2 Å². The Balaban J connectivity index is 2.13. The van der Waals surface area contributed by atoms with Crippen molar-refractivity contribution in [1.82, 2.24) is 20.8 Å². The Morgan fingerprint density at radius 3 is 2.84 bits per heavy atom. The molecule has 104 valence electrons. The van der Waals surface area contributed by atoms with E-state index in [0.29, 0.717) is 11.7 Å². The van der Waals surface area contributed by atoms with Gasteiger partial charge in [0.15, 0.2) is 11.5 Å². The van der Waals surface area contributed by atoms with Crippen LogP contribution in [0.25, 0.3) is 0 Å². The first-order chi connectivity index (χ1) is 9.26. The van der Waals surface area contributed by atoms with E-state index in [4.69, 9.17) is 0 Å². The highest BCUT2D eigenvalue weighted by Gasteiger charge is 2.23. The fourth-order valence-corrected chi connectivity index (χ4v) is 2.48. The van der Waals surface area contributed by atoms with Crippen molar-refractivity contribution in [2.75, 3.05) is 32.1 Å². The van der Waals surface area contributed by atoms with Gasteiger partial charge in [0.2, 0.25) is 0 Å². The number of hydrogen-bond acceptors (Lipinski definition) is 5. The first-order valence-electron chi connectivity index (χ1n) is 6.73. The van der Waals surface area contributed by atoms with Crippen molar-refractivity contribution in [3.8, 4) is 0 Å². The smallest absolute Gasteiger partial charge is 0.271 e. The molecule has 0 aliphatic carbocycles. The third-order valence-electron chi connectivity index (χ3n) is 3.47. The Hall–Kier alpha value is -1.69. The molecule has 1 aliphatic rings. The summed E-state index contributed by atoms with van der Waals surface area (Å²) in [7, 11) is 3.55. The van der Waals surface area contributed by atoms with Crippen LogP contribution in [-0.2, 0) is 0 Å². The number of aromatic nitrogens is 2. The van der Waals surface area contributed by atoms with Crippen molar-refractivity contribution >= 4 is 11.7 Å². The molecular formula is C13H21N5O. The summed E-state index contributed by atoms with van der Waals surface area (Å²) in [5, 5.41) is 14.0. The number of rotatable bonds is 4. The second-order valence-electron chi connectivity index (χ2n) is 4.76. The largest absolute Gasteiger partial charge is 0.354 e. The van der Waals surface area contributed by atoms with E-state index >= 15 is 0 Å². The molecule has 6 nitrogen and oxygen atoms in total. The Labute approximate surface area is 113 Å². The summed E-state index contributed by atoms with van der Waals surface area (Å²) in [4.78, 5) is 13.7. The molecule has 0 aromatic carbocycles. The average Bonchev–Trinajstić information content (AvgIpc) is 2.47. The summed E-state index contributed by atoms with van der Waals surface area (Å²) < 4.78 is 0. The van der Waals surface area contributed by atoms with Gasteiger partial charge < -0.3 is 15.5 Å². The molecule has 19 heavy (non-hydrogen) atoms. The molecular weight excluding hydrogens is 242 g/mol. The quantitative estimate of drug-likeness (QED) is 0.823. The van der Waals surface area contributed by atoms with Crippen LogP contribution in [-0.4, -0.2) is 49.3 Å². The number of carbonyl (C=O) groups is 1. The fraction of sp³-hybridized carbons (Fsp3) is 0.615. The molecule has 1 atom stereocenters. The van der Waals surface area contributed by atoms with E-state index < -0.39 is 0 Å². The normalized spacial score (nSPS) is 19.3. The summed E-state index contributed by atoms with van der Waals surface area (Å²) in [6, 6.07) is 4.07. The standard InChI is InChI=1S/C13H21N5O/c1-14-9-10-5-3-4-8-18(10)12-7-6-11(16-17-12)13(19)15-2/h6-7,10,14H,3-5,8-9H2,1-2H3,(H,15,19). The van der Waals surface area contributed by atoms with Crippen LogP contribution in [0.4, 0.5) is 5.82 Å². The zero-order valence-electron chi connectivity index (χ0n) is 11.5. The third-order valence-corrected chi connectivity index (χ3v) is 3.47. The Morgan fingerprint density at radius 1 is 1.37 bits per heavy atom. The number of anilines is 1. The number of carbonyl (C=O) groups excluding carboxylic acids is 1. The number of amides is 1.